The molecule has 0 spiro atoms. The van der Waals surface area contributed by atoms with Crippen molar-refractivity contribution in [3.8, 4) is 6.07 Å². The van der Waals surface area contributed by atoms with E-state index in [1.807, 2.05) is 19.2 Å². The number of halogens is 1. The number of nitrogens with zero attached hydrogens (tertiary/aromatic N) is 2. The zero-order valence-electron chi connectivity index (χ0n) is 10.5. The molecule has 1 fully saturated rings. The molecule has 0 aliphatic carbocycles. The van der Waals surface area contributed by atoms with E-state index in [9.17, 15) is 5.26 Å². The third-order valence-electron chi connectivity index (χ3n) is 3.39. The van der Waals surface area contributed by atoms with E-state index in [2.05, 4.69) is 11.0 Å². The minimum atomic E-state index is 0.522. The van der Waals surface area contributed by atoms with Crippen molar-refractivity contribution in [1.82, 2.24) is 0 Å². The highest BCUT2D eigenvalue weighted by Gasteiger charge is 2.18. The summed E-state index contributed by atoms with van der Waals surface area (Å²) in [7, 11) is 2.02. The standard InChI is InChI=1S/C14H17ClN2O/c1-17(10-11-5-7-18-8-6-11)14-4-2-3-13(15)12(14)9-16/h2-4,11H,5-8,10H2,1H3. The first-order chi connectivity index (χ1) is 8.72. The van der Waals surface area contributed by atoms with Gasteiger partial charge >= 0.3 is 0 Å². The Kier molecular flexibility index (Phi) is 4.46. The van der Waals surface area contributed by atoms with Gasteiger partial charge in [0.15, 0.2) is 0 Å². The number of ether oxygens (including phenoxy) is 1. The molecular weight excluding hydrogens is 248 g/mol. The molecule has 0 N–H and O–H groups in total. The molecular formula is C14H17ClN2O. The maximum Gasteiger partial charge on any atom is 0.103 e. The van der Waals surface area contributed by atoms with Crippen molar-refractivity contribution in [1.29, 1.82) is 5.26 Å². The Morgan fingerprint density at radius 3 is 2.83 bits per heavy atom. The fraction of sp³-hybridized carbons (Fsp3) is 0.500. The molecule has 0 amide bonds. The molecule has 1 saturated heterocycles. The van der Waals surface area contributed by atoms with Crippen LogP contribution < -0.4 is 4.90 Å². The third-order valence-corrected chi connectivity index (χ3v) is 3.70. The van der Waals surface area contributed by atoms with Gasteiger partial charge < -0.3 is 9.64 Å². The second-order valence-corrected chi connectivity index (χ2v) is 5.09. The minimum absolute atomic E-state index is 0.522. The first-order valence-electron chi connectivity index (χ1n) is 6.20. The maximum atomic E-state index is 9.17. The second kappa shape index (κ2) is 6.08. The van der Waals surface area contributed by atoms with Crippen molar-refractivity contribution in [2.75, 3.05) is 31.7 Å². The van der Waals surface area contributed by atoms with E-state index in [-0.39, 0.29) is 0 Å². The van der Waals surface area contributed by atoms with E-state index in [1.165, 1.54) is 0 Å². The Balaban J connectivity index is 2.11. The summed E-state index contributed by atoms with van der Waals surface area (Å²) in [5, 5.41) is 9.69. The van der Waals surface area contributed by atoms with Crippen LogP contribution in [0.15, 0.2) is 18.2 Å². The highest BCUT2D eigenvalue weighted by molar-refractivity contribution is 6.32. The van der Waals surface area contributed by atoms with Crippen molar-refractivity contribution < 1.29 is 4.74 Å². The fourth-order valence-electron chi connectivity index (χ4n) is 2.36. The summed E-state index contributed by atoms with van der Waals surface area (Å²) >= 11 is 6.05. The minimum Gasteiger partial charge on any atom is -0.381 e. The van der Waals surface area contributed by atoms with Crippen LogP contribution in [0.3, 0.4) is 0 Å². The molecule has 0 unspecified atom stereocenters. The van der Waals surface area contributed by atoms with Crippen LogP contribution in [0.25, 0.3) is 0 Å². The van der Waals surface area contributed by atoms with E-state index >= 15 is 0 Å². The van der Waals surface area contributed by atoms with Gasteiger partial charge in [0.05, 0.1) is 16.3 Å². The molecule has 1 aliphatic rings. The predicted molar refractivity (Wildman–Crippen MR) is 73.0 cm³/mol. The van der Waals surface area contributed by atoms with Gasteiger partial charge in [-0.3, -0.25) is 0 Å². The van der Waals surface area contributed by atoms with Gasteiger partial charge in [-0.1, -0.05) is 17.7 Å². The zero-order valence-corrected chi connectivity index (χ0v) is 11.3. The number of hydrogen-bond donors (Lipinski definition) is 0. The number of nitriles is 1. The normalized spacial score (nSPS) is 16.3. The van der Waals surface area contributed by atoms with Crippen molar-refractivity contribution in [3.05, 3.63) is 28.8 Å². The van der Waals surface area contributed by atoms with Crippen molar-refractivity contribution in [2.45, 2.75) is 12.8 Å². The Hall–Kier alpha value is -1.24. The highest BCUT2D eigenvalue weighted by Crippen LogP contribution is 2.27. The molecule has 1 aromatic rings. The smallest absolute Gasteiger partial charge is 0.103 e. The Labute approximate surface area is 113 Å². The van der Waals surface area contributed by atoms with E-state index in [4.69, 9.17) is 16.3 Å². The van der Waals surface area contributed by atoms with Gasteiger partial charge in [-0.05, 0) is 30.9 Å². The lowest BCUT2D eigenvalue weighted by molar-refractivity contribution is 0.0685. The molecule has 1 heterocycles. The summed E-state index contributed by atoms with van der Waals surface area (Å²) in [4.78, 5) is 2.13. The fourth-order valence-corrected chi connectivity index (χ4v) is 2.57. The molecule has 2 rings (SSSR count). The summed E-state index contributed by atoms with van der Waals surface area (Å²) < 4.78 is 5.36. The first kappa shape index (κ1) is 13.2. The number of hydrogen-bond acceptors (Lipinski definition) is 3. The third kappa shape index (κ3) is 2.95. The molecule has 18 heavy (non-hydrogen) atoms. The quantitative estimate of drug-likeness (QED) is 0.842. The average molecular weight is 265 g/mol. The lowest BCUT2D eigenvalue weighted by Gasteiger charge is -2.29. The van der Waals surface area contributed by atoms with Gasteiger partial charge in [0.1, 0.15) is 6.07 Å². The van der Waals surface area contributed by atoms with Gasteiger partial charge in [0.2, 0.25) is 0 Å². The lowest BCUT2D eigenvalue weighted by Crippen LogP contribution is -2.30. The SMILES string of the molecule is CN(CC1CCOCC1)c1cccc(Cl)c1C#N. The van der Waals surface area contributed by atoms with Gasteiger partial charge in [-0.15, -0.1) is 0 Å². The number of benzene rings is 1. The largest absolute Gasteiger partial charge is 0.381 e. The van der Waals surface area contributed by atoms with Crippen LogP contribution in [0.5, 0.6) is 0 Å². The van der Waals surface area contributed by atoms with E-state index in [0.717, 1.165) is 38.3 Å². The molecule has 4 heteroatoms. The Bertz CT molecular complexity index is 450. The molecule has 1 aromatic carbocycles. The van der Waals surface area contributed by atoms with E-state index in [1.54, 1.807) is 6.07 Å². The van der Waals surface area contributed by atoms with Gasteiger partial charge in [0, 0.05) is 26.8 Å². The Morgan fingerprint density at radius 1 is 1.44 bits per heavy atom. The Morgan fingerprint density at radius 2 is 2.17 bits per heavy atom. The second-order valence-electron chi connectivity index (χ2n) is 4.68. The number of rotatable bonds is 3. The summed E-state index contributed by atoms with van der Waals surface area (Å²) in [6, 6.07) is 7.78. The molecule has 0 aromatic heterocycles. The first-order valence-corrected chi connectivity index (χ1v) is 6.57. The lowest BCUT2D eigenvalue weighted by atomic mass is 9.99. The summed E-state index contributed by atoms with van der Waals surface area (Å²) in [5.74, 6) is 0.634. The topological polar surface area (TPSA) is 36.3 Å². The summed E-state index contributed by atoms with van der Waals surface area (Å²) in [5.41, 5.74) is 1.48. The molecule has 1 aliphatic heterocycles. The van der Waals surface area contributed by atoms with Crippen LogP contribution >= 0.6 is 11.6 Å². The van der Waals surface area contributed by atoms with Crippen molar-refractivity contribution in [2.24, 2.45) is 5.92 Å². The van der Waals surface area contributed by atoms with Crippen LogP contribution in [0.2, 0.25) is 5.02 Å². The number of anilines is 1. The molecule has 3 nitrogen and oxygen atoms in total. The van der Waals surface area contributed by atoms with E-state index in [0.29, 0.717) is 16.5 Å². The summed E-state index contributed by atoms with van der Waals surface area (Å²) in [6.07, 6.45) is 2.18. The monoisotopic (exact) mass is 264 g/mol. The van der Waals surface area contributed by atoms with Crippen LogP contribution in [0.1, 0.15) is 18.4 Å². The summed E-state index contributed by atoms with van der Waals surface area (Å²) in [6.45, 7) is 2.64. The maximum absolute atomic E-state index is 9.17. The van der Waals surface area contributed by atoms with Crippen LogP contribution in [-0.4, -0.2) is 26.8 Å². The van der Waals surface area contributed by atoms with Crippen LogP contribution in [0.4, 0.5) is 5.69 Å². The zero-order chi connectivity index (χ0) is 13.0. The van der Waals surface area contributed by atoms with E-state index < -0.39 is 0 Å². The van der Waals surface area contributed by atoms with Crippen molar-refractivity contribution >= 4 is 17.3 Å². The molecule has 0 radical (unpaired) electrons. The van der Waals surface area contributed by atoms with Gasteiger partial charge in [-0.2, -0.15) is 5.26 Å². The molecule has 0 saturated carbocycles. The predicted octanol–water partition coefficient (Wildman–Crippen LogP) is 3.07. The average Bonchev–Trinajstić information content (AvgIpc) is 2.39. The van der Waals surface area contributed by atoms with Gasteiger partial charge in [-0.25, -0.2) is 0 Å². The molecule has 96 valence electrons. The van der Waals surface area contributed by atoms with Crippen LogP contribution in [0, 0.1) is 17.2 Å². The molecule has 0 bridgehead atoms. The highest BCUT2D eigenvalue weighted by atomic mass is 35.5. The molecule has 0 atom stereocenters. The van der Waals surface area contributed by atoms with Gasteiger partial charge in [0.25, 0.3) is 0 Å². The van der Waals surface area contributed by atoms with Crippen molar-refractivity contribution in [3.63, 3.8) is 0 Å². The van der Waals surface area contributed by atoms with Crippen LogP contribution in [-0.2, 0) is 4.74 Å².